The summed E-state index contributed by atoms with van der Waals surface area (Å²) in [7, 11) is 4.74. The molecule has 0 radical (unpaired) electrons. The first-order valence-corrected chi connectivity index (χ1v) is 5.68. The lowest BCUT2D eigenvalue weighted by Gasteiger charge is -2.13. The molecule has 0 saturated heterocycles. The summed E-state index contributed by atoms with van der Waals surface area (Å²) in [5.41, 5.74) is 0.590. The Hall–Kier alpha value is -0.810. The molecule has 16 heavy (non-hydrogen) atoms. The molecule has 0 amide bonds. The molecule has 0 saturated carbocycles. The van der Waals surface area contributed by atoms with Crippen LogP contribution >= 0.6 is 15.9 Å². The second-order valence-corrected chi connectivity index (χ2v) is 4.09. The Morgan fingerprint density at radius 2 is 2.06 bits per heavy atom. The van der Waals surface area contributed by atoms with Crippen LogP contribution in [0.15, 0.2) is 10.5 Å². The maximum atomic E-state index is 14.0. The highest BCUT2D eigenvalue weighted by Crippen LogP contribution is 2.37. The van der Waals surface area contributed by atoms with Crippen molar-refractivity contribution in [1.82, 2.24) is 5.32 Å². The SMILES string of the molecule is CNCCc1c(Br)cc(OC)c(OC)c1F. The number of methoxy groups -OCH3 is 2. The first kappa shape index (κ1) is 13.3. The predicted octanol–water partition coefficient (Wildman–Crippen LogP) is 2.37. The molecule has 1 aromatic carbocycles. The molecule has 0 fully saturated rings. The molecule has 0 bridgehead atoms. The zero-order valence-electron chi connectivity index (χ0n) is 9.56. The Bertz CT molecular complexity index is 371. The Morgan fingerprint density at radius 3 is 2.56 bits per heavy atom. The van der Waals surface area contributed by atoms with Crippen LogP contribution in [0.2, 0.25) is 0 Å². The number of nitrogens with one attached hydrogen (secondary N) is 1. The molecule has 0 spiro atoms. The zero-order valence-corrected chi connectivity index (χ0v) is 11.1. The summed E-state index contributed by atoms with van der Waals surface area (Å²) in [4.78, 5) is 0. The molecule has 5 heteroatoms. The zero-order chi connectivity index (χ0) is 12.1. The van der Waals surface area contributed by atoms with Crippen molar-refractivity contribution in [3.63, 3.8) is 0 Å². The van der Waals surface area contributed by atoms with Crippen molar-refractivity contribution in [3.05, 3.63) is 21.9 Å². The Balaban J connectivity index is 3.18. The van der Waals surface area contributed by atoms with Crippen LogP contribution in [-0.2, 0) is 6.42 Å². The smallest absolute Gasteiger partial charge is 0.197 e. The number of likely N-dealkylation sites (N-methyl/N-ethyl adjacent to an activating group) is 1. The van der Waals surface area contributed by atoms with Crippen molar-refractivity contribution in [3.8, 4) is 11.5 Å². The minimum Gasteiger partial charge on any atom is -0.493 e. The molecule has 1 aromatic rings. The number of hydrogen-bond donors (Lipinski definition) is 1. The summed E-state index contributed by atoms with van der Waals surface area (Å²) in [6.07, 6.45) is 0.587. The van der Waals surface area contributed by atoms with E-state index in [2.05, 4.69) is 21.2 Å². The van der Waals surface area contributed by atoms with Crippen LogP contribution in [0, 0.1) is 5.82 Å². The molecular formula is C11H15BrFNO2. The van der Waals surface area contributed by atoms with E-state index in [-0.39, 0.29) is 11.6 Å². The van der Waals surface area contributed by atoms with E-state index in [0.717, 1.165) is 0 Å². The summed E-state index contributed by atoms with van der Waals surface area (Å²) in [6, 6.07) is 1.72. The molecule has 1 N–H and O–H groups in total. The van der Waals surface area contributed by atoms with Crippen LogP contribution < -0.4 is 14.8 Å². The van der Waals surface area contributed by atoms with Gasteiger partial charge in [0.2, 0.25) is 0 Å². The van der Waals surface area contributed by atoms with Crippen molar-refractivity contribution in [2.45, 2.75) is 6.42 Å². The van der Waals surface area contributed by atoms with Gasteiger partial charge in [0, 0.05) is 10.0 Å². The lowest BCUT2D eigenvalue weighted by atomic mass is 10.1. The monoisotopic (exact) mass is 291 g/mol. The van der Waals surface area contributed by atoms with Gasteiger partial charge in [0.25, 0.3) is 0 Å². The largest absolute Gasteiger partial charge is 0.493 e. The minimum absolute atomic E-state index is 0.150. The maximum absolute atomic E-state index is 14.0. The third-order valence-corrected chi connectivity index (χ3v) is 2.99. The van der Waals surface area contributed by atoms with Gasteiger partial charge in [-0.15, -0.1) is 0 Å². The second kappa shape index (κ2) is 6.06. The first-order valence-electron chi connectivity index (χ1n) is 4.89. The molecule has 0 heterocycles. The van der Waals surface area contributed by atoms with E-state index in [1.165, 1.54) is 14.2 Å². The topological polar surface area (TPSA) is 30.5 Å². The Kier molecular flexibility index (Phi) is 5.02. The number of halogens is 2. The molecule has 0 aliphatic carbocycles. The molecule has 0 aliphatic heterocycles. The maximum Gasteiger partial charge on any atom is 0.197 e. The molecule has 0 unspecified atom stereocenters. The van der Waals surface area contributed by atoms with Crippen LogP contribution in [0.5, 0.6) is 11.5 Å². The quantitative estimate of drug-likeness (QED) is 0.903. The van der Waals surface area contributed by atoms with Gasteiger partial charge < -0.3 is 14.8 Å². The van der Waals surface area contributed by atoms with Crippen molar-refractivity contribution >= 4 is 15.9 Å². The van der Waals surface area contributed by atoms with Crippen molar-refractivity contribution < 1.29 is 13.9 Å². The summed E-state index contributed by atoms with van der Waals surface area (Å²) in [5.74, 6) is 0.167. The standard InChI is InChI=1S/C11H15BrFNO2/c1-14-5-4-7-8(12)6-9(15-2)11(16-3)10(7)13/h6,14H,4-5H2,1-3H3. The van der Waals surface area contributed by atoms with E-state index in [9.17, 15) is 4.39 Å². The van der Waals surface area contributed by atoms with Gasteiger partial charge in [-0.25, -0.2) is 4.39 Å². The van der Waals surface area contributed by atoms with Gasteiger partial charge >= 0.3 is 0 Å². The van der Waals surface area contributed by atoms with Gasteiger partial charge in [0.1, 0.15) is 0 Å². The van der Waals surface area contributed by atoms with Gasteiger partial charge in [-0.3, -0.25) is 0 Å². The fourth-order valence-electron chi connectivity index (χ4n) is 1.44. The summed E-state index contributed by atoms with van der Waals surface area (Å²) in [6.45, 7) is 0.699. The number of benzene rings is 1. The highest BCUT2D eigenvalue weighted by molar-refractivity contribution is 9.10. The van der Waals surface area contributed by atoms with E-state index in [1.807, 2.05) is 7.05 Å². The van der Waals surface area contributed by atoms with Gasteiger partial charge in [-0.1, -0.05) is 15.9 Å². The highest BCUT2D eigenvalue weighted by atomic mass is 79.9. The van der Waals surface area contributed by atoms with E-state index >= 15 is 0 Å². The third-order valence-electron chi connectivity index (χ3n) is 2.28. The summed E-state index contributed by atoms with van der Waals surface area (Å²) >= 11 is 3.33. The highest BCUT2D eigenvalue weighted by Gasteiger charge is 2.18. The third kappa shape index (κ3) is 2.65. The molecule has 0 aromatic heterocycles. The molecule has 1 rings (SSSR count). The molecule has 0 aliphatic rings. The molecular weight excluding hydrogens is 277 g/mol. The van der Waals surface area contributed by atoms with Crippen LogP contribution in [0.3, 0.4) is 0 Å². The lowest BCUT2D eigenvalue weighted by Crippen LogP contribution is -2.12. The average molecular weight is 292 g/mol. The van der Waals surface area contributed by atoms with Gasteiger partial charge in [-0.05, 0) is 26.1 Å². The minimum atomic E-state index is -0.371. The van der Waals surface area contributed by atoms with Gasteiger partial charge in [0.05, 0.1) is 14.2 Å². The van der Waals surface area contributed by atoms with Crippen LogP contribution in [0.25, 0.3) is 0 Å². The van der Waals surface area contributed by atoms with E-state index in [1.54, 1.807) is 6.07 Å². The number of hydrogen-bond acceptors (Lipinski definition) is 3. The van der Waals surface area contributed by atoms with E-state index in [0.29, 0.717) is 28.8 Å². The average Bonchev–Trinajstić information content (AvgIpc) is 2.28. The normalized spacial score (nSPS) is 10.3. The number of rotatable bonds is 5. The van der Waals surface area contributed by atoms with Crippen molar-refractivity contribution in [2.24, 2.45) is 0 Å². The second-order valence-electron chi connectivity index (χ2n) is 3.24. The number of ether oxygens (including phenoxy) is 2. The van der Waals surface area contributed by atoms with Crippen LogP contribution in [-0.4, -0.2) is 27.8 Å². The van der Waals surface area contributed by atoms with Crippen LogP contribution in [0.1, 0.15) is 5.56 Å². The lowest BCUT2D eigenvalue weighted by molar-refractivity contribution is 0.335. The van der Waals surface area contributed by atoms with Gasteiger partial charge in [0.15, 0.2) is 17.3 Å². The fraction of sp³-hybridized carbons (Fsp3) is 0.455. The van der Waals surface area contributed by atoms with Crippen molar-refractivity contribution in [2.75, 3.05) is 27.8 Å². The van der Waals surface area contributed by atoms with Crippen LogP contribution in [0.4, 0.5) is 4.39 Å². The molecule has 90 valence electrons. The molecule has 0 atom stereocenters. The first-order chi connectivity index (χ1) is 7.65. The van der Waals surface area contributed by atoms with Gasteiger partial charge in [-0.2, -0.15) is 0 Å². The van der Waals surface area contributed by atoms with Crippen molar-refractivity contribution in [1.29, 1.82) is 0 Å². The fourth-order valence-corrected chi connectivity index (χ4v) is 2.02. The predicted molar refractivity (Wildman–Crippen MR) is 64.8 cm³/mol. The molecule has 3 nitrogen and oxygen atoms in total. The summed E-state index contributed by atoms with van der Waals surface area (Å²) in [5, 5.41) is 2.98. The Morgan fingerprint density at radius 1 is 1.38 bits per heavy atom. The summed E-state index contributed by atoms with van der Waals surface area (Å²) < 4.78 is 24.8. The van der Waals surface area contributed by atoms with E-state index in [4.69, 9.17) is 9.47 Å². The Labute approximate surface area is 103 Å². The van der Waals surface area contributed by atoms with E-state index < -0.39 is 0 Å².